The Morgan fingerprint density at radius 1 is 1.54 bits per heavy atom. The first-order chi connectivity index (χ1) is 6.29. The van der Waals surface area contributed by atoms with Gasteiger partial charge < -0.3 is 9.53 Å². The van der Waals surface area contributed by atoms with Gasteiger partial charge in [0.05, 0.1) is 12.7 Å². The second-order valence-corrected chi connectivity index (χ2v) is 4.24. The molecule has 0 aromatic heterocycles. The van der Waals surface area contributed by atoms with E-state index in [9.17, 15) is 4.79 Å². The van der Waals surface area contributed by atoms with Gasteiger partial charge in [-0.25, -0.2) is 0 Å². The van der Waals surface area contributed by atoms with Gasteiger partial charge in [0.25, 0.3) is 0 Å². The molecule has 13 heavy (non-hydrogen) atoms. The molecule has 0 aliphatic heterocycles. The fraction of sp³-hybridized carbons (Fsp3) is 0.100. The van der Waals surface area contributed by atoms with Crippen molar-refractivity contribution in [3.63, 3.8) is 0 Å². The minimum atomic E-state index is -0.838. The summed E-state index contributed by atoms with van der Waals surface area (Å²) in [5.74, 6) is 0.654. The summed E-state index contributed by atoms with van der Waals surface area (Å²) in [6.45, 7) is 3.58. The van der Waals surface area contributed by atoms with Gasteiger partial charge in [-0.3, -0.25) is 0 Å². The van der Waals surface area contributed by atoms with Crippen molar-refractivity contribution in [1.29, 1.82) is 0 Å². The Balaban J connectivity index is 2.98. The molecule has 0 radical (unpaired) electrons. The molecule has 0 unspecified atom stereocenters. The molecular formula is C10H12O2Si. The summed E-state index contributed by atoms with van der Waals surface area (Å²) < 4.78 is 5.08. The van der Waals surface area contributed by atoms with Crippen LogP contribution in [0.4, 0.5) is 0 Å². The lowest BCUT2D eigenvalue weighted by atomic mass is 10.2. The Hall–Kier alpha value is -1.35. The first kappa shape index (κ1) is 9.73. The Bertz CT molecular complexity index is 320. The number of carbonyl (C=O) groups excluding carboxylic acids is 1. The van der Waals surface area contributed by atoms with Crippen LogP contribution in [-0.2, 0) is 0 Å². The Labute approximate surface area is 80.1 Å². The van der Waals surface area contributed by atoms with Gasteiger partial charge in [0, 0.05) is 0 Å². The van der Waals surface area contributed by atoms with Crippen molar-refractivity contribution in [3.05, 3.63) is 42.1 Å². The maximum atomic E-state index is 11.5. The molecule has 0 aliphatic carbocycles. The zero-order valence-corrected chi connectivity index (χ0v) is 9.03. The fourth-order valence-electron chi connectivity index (χ4n) is 1.12. The largest absolute Gasteiger partial charge is 0.496 e. The Morgan fingerprint density at radius 2 is 2.23 bits per heavy atom. The Morgan fingerprint density at radius 3 is 2.85 bits per heavy atom. The number of hydrogen-bond donors (Lipinski definition) is 0. The predicted octanol–water partition coefficient (Wildman–Crippen LogP) is 1.15. The van der Waals surface area contributed by atoms with E-state index in [0.717, 1.165) is 0 Å². The number of rotatable bonds is 4. The van der Waals surface area contributed by atoms with Crippen molar-refractivity contribution in [1.82, 2.24) is 0 Å². The quantitative estimate of drug-likeness (QED) is 0.669. The van der Waals surface area contributed by atoms with E-state index in [-0.39, 0.29) is 5.41 Å². The molecule has 0 N–H and O–H groups in total. The van der Waals surface area contributed by atoms with Crippen LogP contribution in [0.1, 0.15) is 10.4 Å². The van der Waals surface area contributed by atoms with Gasteiger partial charge in [0.1, 0.15) is 20.7 Å². The maximum absolute atomic E-state index is 11.5. The second kappa shape index (κ2) is 4.62. The SMILES string of the molecule is C=C[SiH2]C(=O)c1ccccc1OC. The highest BCUT2D eigenvalue weighted by Crippen LogP contribution is 2.17. The number of para-hydroxylation sites is 1. The highest BCUT2D eigenvalue weighted by atomic mass is 28.2. The topological polar surface area (TPSA) is 26.3 Å². The van der Waals surface area contributed by atoms with Crippen LogP contribution in [0.25, 0.3) is 0 Å². The first-order valence-corrected chi connectivity index (χ1v) is 5.59. The van der Waals surface area contributed by atoms with Crippen LogP contribution in [0.3, 0.4) is 0 Å². The molecule has 0 spiro atoms. The summed E-state index contributed by atoms with van der Waals surface area (Å²) in [5, 5.41) is 0.174. The zero-order chi connectivity index (χ0) is 9.68. The van der Waals surface area contributed by atoms with Crippen LogP contribution < -0.4 is 4.74 Å². The van der Waals surface area contributed by atoms with Crippen molar-refractivity contribution >= 4 is 14.9 Å². The fourth-order valence-corrected chi connectivity index (χ4v) is 1.89. The third-order valence-corrected chi connectivity index (χ3v) is 2.78. The molecule has 1 rings (SSSR count). The first-order valence-electron chi connectivity index (χ1n) is 4.06. The van der Waals surface area contributed by atoms with E-state index < -0.39 is 9.52 Å². The summed E-state index contributed by atoms with van der Waals surface area (Å²) in [7, 11) is 0.733. The van der Waals surface area contributed by atoms with E-state index in [2.05, 4.69) is 6.58 Å². The molecule has 0 bridgehead atoms. The highest BCUT2D eigenvalue weighted by molar-refractivity contribution is 6.81. The molecule has 0 saturated heterocycles. The summed E-state index contributed by atoms with van der Waals surface area (Å²) in [5.41, 5.74) is 2.41. The van der Waals surface area contributed by atoms with E-state index in [1.54, 1.807) is 24.9 Å². The molecule has 2 nitrogen and oxygen atoms in total. The third kappa shape index (κ3) is 2.29. The molecule has 3 heteroatoms. The van der Waals surface area contributed by atoms with E-state index in [0.29, 0.717) is 11.3 Å². The van der Waals surface area contributed by atoms with Gasteiger partial charge in [-0.15, -0.1) is 6.58 Å². The van der Waals surface area contributed by atoms with Crippen molar-refractivity contribution in [2.24, 2.45) is 0 Å². The summed E-state index contributed by atoms with van der Waals surface area (Å²) in [4.78, 5) is 11.5. The number of carbonyl (C=O) groups is 1. The molecule has 0 saturated carbocycles. The minimum absolute atomic E-state index is 0.174. The van der Waals surface area contributed by atoms with E-state index >= 15 is 0 Å². The zero-order valence-electron chi connectivity index (χ0n) is 7.62. The molecule has 1 aromatic rings. The molecular weight excluding hydrogens is 180 g/mol. The Kier molecular flexibility index (Phi) is 3.46. The van der Waals surface area contributed by atoms with Gasteiger partial charge in [-0.05, 0) is 12.1 Å². The van der Waals surface area contributed by atoms with Crippen LogP contribution in [-0.4, -0.2) is 22.0 Å². The molecule has 0 amide bonds. The average Bonchev–Trinajstić information content (AvgIpc) is 2.18. The summed E-state index contributed by atoms with van der Waals surface area (Å²) in [6.07, 6.45) is 0. The summed E-state index contributed by atoms with van der Waals surface area (Å²) in [6, 6.07) is 7.28. The lowest BCUT2D eigenvalue weighted by molar-refractivity contribution is 0.107. The highest BCUT2D eigenvalue weighted by Gasteiger charge is 2.08. The van der Waals surface area contributed by atoms with Gasteiger partial charge in [0.15, 0.2) is 0 Å². The number of methoxy groups -OCH3 is 1. The van der Waals surface area contributed by atoms with Gasteiger partial charge >= 0.3 is 0 Å². The second-order valence-electron chi connectivity index (χ2n) is 2.62. The van der Waals surface area contributed by atoms with Crippen LogP contribution in [0.5, 0.6) is 5.75 Å². The smallest absolute Gasteiger partial charge is 0.141 e. The van der Waals surface area contributed by atoms with Crippen LogP contribution in [0, 0.1) is 0 Å². The lowest BCUT2D eigenvalue weighted by Gasteiger charge is -2.04. The van der Waals surface area contributed by atoms with Crippen LogP contribution in [0.15, 0.2) is 36.5 Å². The van der Waals surface area contributed by atoms with Gasteiger partial charge in [0.2, 0.25) is 0 Å². The maximum Gasteiger partial charge on any atom is 0.141 e. The van der Waals surface area contributed by atoms with E-state index in [1.165, 1.54) is 0 Å². The minimum Gasteiger partial charge on any atom is -0.496 e. The van der Waals surface area contributed by atoms with Gasteiger partial charge in [-0.1, -0.05) is 17.8 Å². The lowest BCUT2D eigenvalue weighted by Crippen LogP contribution is -2.08. The van der Waals surface area contributed by atoms with Crippen LogP contribution in [0.2, 0.25) is 0 Å². The third-order valence-electron chi connectivity index (χ3n) is 1.74. The molecule has 0 fully saturated rings. The number of hydrogen-bond acceptors (Lipinski definition) is 2. The number of benzene rings is 1. The van der Waals surface area contributed by atoms with Crippen molar-refractivity contribution in [2.45, 2.75) is 0 Å². The monoisotopic (exact) mass is 192 g/mol. The molecule has 1 aromatic carbocycles. The van der Waals surface area contributed by atoms with E-state index in [1.807, 2.05) is 12.1 Å². The predicted molar refractivity (Wildman–Crippen MR) is 56.1 cm³/mol. The summed E-state index contributed by atoms with van der Waals surface area (Å²) >= 11 is 0. The molecule has 0 heterocycles. The van der Waals surface area contributed by atoms with Crippen LogP contribution >= 0.6 is 0 Å². The van der Waals surface area contributed by atoms with E-state index in [4.69, 9.17) is 4.74 Å². The average molecular weight is 192 g/mol. The standard InChI is InChI=1S/C10H12O2Si/c1-3-13-10(11)8-6-4-5-7-9(8)12-2/h3-7H,1,13H2,2H3. The molecule has 68 valence electrons. The van der Waals surface area contributed by atoms with Crippen molar-refractivity contribution < 1.29 is 9.53 Å². The normalized spacial score (nSPS) is 10.2. The van der Waals surface area contributed by atoms with Gasteiger partial charge in [-0.2, -0.15) is 0 Å². The number of ether oxygens (including phenoxy) is 1. The van der Waals surface area contributed by atoms with Crippen molar-refractivity contribution in [2.75, 3.05) is 7.11 Å². The molecule has 0 aliphatic rings. The molecule has 0 atom stereocenters. The van der Waals surface area contributed by atoms with Crippen molar-refractivity contribution in [3.8, 4) is 5.75 Å².